The fraction of sp³-hybridized carbons (Fsp3) is 0.250. The van der Waals surface area contributed by atoms with Gasteiger partial charge in [0, 0.05) is 5.57 Å². The third-order valence-electron chi connectivity index (χ3n) is 2.32. The summed E-state index contributed by atoms with van der Waals surface area (Å²) in [5.74, 6) is -1.22. The third kappa shape index (κ3) is 3.20. The van der Waals surface area contributed by atoms with E-state index in [-0.39, 0.29) is 5.82 Å². The molecule has 0 spiro atoms. The van der Waals surface area contributed by atoms with E-state index in [0.29, 0.717) is 12.0 Å². The number of carbonyl (C=O) groups is 1. The van der Waals surface area contributed by atoms with Crippen molar-refractivity contribution in [3.63, 3.8) is 0 Å². The molecule has 1 N–H and O–H groups in total. The Morgan fingerprint density at radius 3 is 2.60 bits per heavy atom. The fourth-order valence-electron chi connectivity index (χ4n) is 1.27. The number of rotatable bonds is 3. The molecule has 0 fully saturated rings. The van der Waals surface area contributed by atoms with Crippen molar-refractivity contribution in [3.8, 4) is 0 Å². The number of carboxylic acids is 1. The lowest BCUT2D eigenvalue weighted by Gasteiger charge is -2.04. The van der Waals surface area contributed by atoms with Crippen molar-refractivity contribution < 1.29 is 14.3 Å². The number of allylic oxidation sites excluding steroid dienone is 1. The lowest BCUT2D eigenvalue weighted by molar-refractivity contribution is -0.132. The topological polar surface area (TPSA) is 37.3 Å². The molecule has 1 aromatic rings. The highest BCUT2D eigenvalue weighted by molar-refractivity contribution is 5.86. The summed E-state index contributed by atoms with van der Waals surface area (Å²) < 4.78 is 12.8. The van der Waals surface area contributed by atoms with Crippen LogP contribution in [0.1, 0.15) is 19.4 Å². The first kappa shape index (κ1) is 11.4. The SMILES string of the molecule is C/C(Cc1cccc(F)c1)=C(/C)C(=O)O. The summed E-state index contributed by atoms with van der Waals surface area (Å²) in [6.07, 6.45) is 0.468. The molecule has 0 amide bonds. The molecule has 0 aliphatic rings. The van der Waals surface area contributed by atoms with Gasteiger partial charge in [0.1, 0.15) is 5.82 Å². The Hall–Kier alpha value is -1.64. The summed E-state index contributed by atoms with van der Waals surface area (Å²) >= 11 is 0. The van der Waals surface area contributed by atoms with Gasteiger partial charge in [0.05, 0.1) is 0 Å². The van der Waals surface area contributed by atoms with Crippen molar-refractivity contribution in [3.05, 3.63) is 46.8 Å². The normalized spacial score (nSPS) is 12.2. The molecule has 3 heteroatoms. The average Bonchev–Trinajstić information content (AvgIpc) is 2.16. The lowest BCUT2D eigenvalue weighted by Crippen LogP contribution is -2.01. The van der Waals surface area contributed by atoms with Gasteiger partial charge in [0.25, 0.3) is 0 Å². The second kappa shape index (κ2) is 4.73. The maximum Gasteiger partial charge on any atom is 0.331 e. The van der Waals surface area contributed by atoms with Crippen molar-refractivity contribution in [2.75, 3.05) is 0 Å². The summed E-state index contributed by atoms with van der Waals surface area (Å²) in [5.41, 5.74) is 1.85. The quantitative estimate of drug-likeness (QED) is 0.775. The first-order chi connectivity index (χ1) is 7.00. The maximum atomic E-state index is 12.8. The molecule has 0 aliphatic carbocycles. The lowest BCUT2D eigenvalue weighted by atomic mass is 10.0. The highest BCUT2D eigenvalue weighted by atomic mass is 19.1. The van der Waals surface area contributed by atoms with Gasteiger partial charge in [0.2, 0.25) is 0 Å². The molecule has 0 unspecified atom stereocenters. The standard InChI is InChI=1S/C12H13FO2/c1-8(9(2)12(14)15)6-10-4-3-5-11(13)7-10/h3-5,7H,6H2,1-2H3,(H,14,15)/b9-8+. The zero-order chi connectivity index (χ0) is 11.4. The minimum absolute atomic E-state index is 0.298. The van der Waals surface area contributed by atoms with Crippen molar-refractivity contribution in [2.45, 2.75) is 20.3 Å². The number of aliphatic carboxylic acids is 1. The van der Waals surface area contributed by atoms with Crippen molar-refractivity contribution >= 4 is 5.97 Å². The Balaban J connectivity index is 2.87. The van der Waals surface area contributed by atoms with Gasteiger partial charge >= 0.3 is 5.97 Å². The second-order valence-corrected chi connectivity index (χ2v) is 3.52. The van der Waals surface area contributed by atoms with Crippen molar-refractivity contribution in [1.29, 1.82) is 0 Å². The van der Waals surface area contributed by atoms with Gasteiger partial charge in [-0.05, 0) is 38.0 Å². The predicted octanol–water partition coefficient (Wildman–Crippen LogP) is 2.79. The zero-order valence-corrected chi connectivity index (χ0v) is 8.75. The molecule has 0 heterocycles. The van der Waals surface area contributed by atoms with Crippen molar-refractivity contribution in [2.24, 2.45) is 0 Å². The van der Waals surface area contributed by atoms with Gasteiger partial charge < -0.3 is 5.11 Å². The molecule has 0 saturated carbocycles. The van der Waals surface area contributed by atoms with Gasteiger partial charge in [-0.3, -0.25) is 0 Å². The van der Waals surface area contributed by atoms with E-state index < -0.39 is 5.97 Å². The van der Waals surface area contributed by atoms with E-state index in [1.165, 1.54) is 12.1 Å². The molecule has 0 radical (unpaired) electrons. The van der Waals surface area contributed by atoms with Crippen LogP contribution in [0.3, 0.4) is 0 Å². The Kier molecular flexibility index (Phi) is 3.61. The smallest absolute Gasteiger partial charge is 0.331 e. The van der Waals surface area contributed by atoms with E-state index in [2.05, 4.69) is 0 Å². The van der Waals surface area contributed by atoms with Crippen LogP contribution in [0, 0.1) is 5.82 Å². The molecule has 0 bridgehead atoms. The molecule has 0 aliphatic heterocycles. The number of benzene rings is 1. The van der Waals surface area contributed by atoms with E-state index in [9.17, 15) is 9.18 Å². The highest BCUT2D eigenvalue weighted by Gasteiger charge is 2.06. The molecule has 2 nitrogen and oxygen atoms in total. The van der Waals surface area contributed by atoms with E-state index in [1.807, 2.05) is 0 Å². The Labute approximate surface area is 88.1 Å². The maximum absolute atomic E-state index is 12.8. The van der Waals surface area contributed by atoms with Gasteiger partial charge in [0.15, 0.2) is 0 Å². The molecule has 80 valence electrons. The summed E-state index contributed by atoms with van der Waals surface area (Å²) in [7, 11) is 0. The summed E-state index contributed by atoms with van der Waals surface area (Å²) in [5, 5.41) is 8.75. The molecule has 1 rings (SSSR count). The highest BCUT2D eigenvalue weighted by Crippen LogP contribution is 2.12. The van der Waals surface area contributed by atoms with Gasteiger partial charge in [-0.25, -0.2) is 9.18 Å². The first-order valence-electron chi connectivity index (χ1n) is 4.65. The van der Waals surface area contributed by atoms with E-state index >= 15 is 0 Å². The average molecular weight is 208 g/mol. The number of carboxylic acid groups (broad SMARTS) is 1. The van der Waals surface area contributed by atoms with Crippen LogP contribution in [0.5, 0.6) is 0 Å². The van der Waals surface area contributed by atoms with Crippen LogP contribution in [-0.2, 0) is 11.2 Å². The minimum atomic E-state index is -0.927. The minimum Gasteiger partial charge on any atom is -0.478 e. The van der Waals surface area contributed by atoms with Crippen LogP contribution in [0.15, 0.2) is 35.4 Å². The number of hydrogen-bond acceptors (Lipinski definition) is 1. The third-order valence-corrected chi connectivity index (χ3v) is 2.32. The van der Waals surface area contributed by atoms with Crippen molar-refractivity contribution in [1.82, 2.24) is 0 Å². The molecular formula is C12H13FO2. The number of halogens is 1. The summed E-state index contributed by atoms with van der Waals surface area (Å²) in [6, 6.07) is 6.18. The summed E-state index contributed by atoms with van der Waals surface area (Å²) in [4.78, 5) is 10.7. The molecule has 0 atom stereocenters. The number of hydrogen-bond donors (Lipinski definition) is 1. The van der Waals surface area contributed by atoms with E-state index in [4.69, 9.17) is 5.11 Å². The van der Waals surface area contributed by atoms with Crippen LogP contribution < -0.4 is 0 Å². The molecule has 0 saturated heterocycles. The molecule has 0 aromatic heterocycles. The van der Waals surface area contributed by atoms with Crippen LogP contribution in [0.4, 0.5) is 4.39 Å². The van der Waals surface area contributed by atoms with E-state index in [1.54, 1.807) is 26.0 Å². The van der Waals surface area contributed by atoms with Gasteiger partial charge in [-0.15, -0.1) is 0 Å². The second-order valence-electron chi connectivity index (χ2n) is 3.52. The largest absolute Gasteiger partial charge is 0.478 e. The summed E-state index contributed by atoms with van der Waals surface area (Å²) in [6.45, 7) is 3.30. The van der Waals surface area contributed by atoms with Crippen LogP contribution in [-0.4, -0.2) is 11.1 Å². The molecular weight excluding hydrogens is 195 g/mol. The fourth-order valence-corrected chi connectivity index (χ4v) is 1.27. The van der Waals surface area contributed by atoms with Gasteiger partial charge in [-0.2, -0.15) is 0 Å². The first-order valence-corrected chi connectivity index (χ1v) is 4.65. The monoisotopic (exact) mass is 208 g/mol. The molecule has 15 heavy (non-hydrogen) atoms. The zero-order valence-electron chi connectivity index (χ0n) is 8.75. The van der Waals surface area contributed by atoms with E-state index in [0.717, 1.165) is 11.1 Å². The van der Waals surface area contributed by atoms with Crippen LogP contribution in [0.2, 0.25) is 0 Å². The predicted molar refractivity (Wildman–Crippen MR) is 56.1 cm³/mol. The van der Waals surface area contributed by atoms with Crippen LogP contribution >= 0.6 is 0 Å². The molecule has 1 aromatic carbocycles. The van der Waals surface area contributed by atoms with Gasteiger partial charge in [-0.1, -0.05) is 17.7 Å². The Bertz CT molecular complexity index is 408. The van der Waals surface area contributed by atoms with Crippen LogP contribution in [0.25, 0.3) is 0 Å². The Morgan fingerprint density at radius 2 is 2.07 bits per heavy atom. The Morgan fingerprint density at radius 1 is 1.40 bits per heavy atom.